The number of imide groups is 1. The molecule has 26 heavy (non-hydrogen) atoms. The Morgan fingerprint density at radius 3 is 2.46 bits per heavy atom. The van der Waals surface area contributed by atoms with Gasteiger partial charge in [0.15, 0.2) is 0 Å². The molecule has 0 saturated carbocycles. The van der Waals surface area contributed by atoms with Crippen molar-refractivity contribution in [3.63, 3.8) is 0 Å². The van der Waals surface area contributed by atoms with Gasteiger partial charge < -0.3 is 9.84 Å². The van der Waals surface area contributed by atoms with Gasteiger partial charge in [0.25, 0.3) is 17.5 Å². The van der Waals surface area contributed by atoms with Gasteiger partial charge in [-0.25, -0.2) is 0 Å². The van der Waals surface area contributed by atoms with E-state index in [-0.39, 0.29) is 41.3 Å². The molecule has 1 heterocycles. The van der Waals surface area contributed by atoms with Crippen molar-refractivity contribution >= 4 is 23.5 Å². The summed E-state index contributed by atoms with van der Waals surface area (Å²) >= 11 is 0. The molecule has 0 spiro atoms. The summed E-state index contributed by atoms with van der Waals surface area (Å²) < 4.78 is 5.53. The zero-order valence-electron chi connectivity index (χ0n) is 13.2. The molecule has 1 aliphatic heterocycles. The third-order valence-electron chi connectivity index (χ3n) is 3.76. The van der Waals surface area contributed by atoms with E-state index in [1.807, 2.05) is 0 Å². The summed E-state index contributed by atoms with van der Waals surface area (Å²) in [6.07, 6.45) is -0.345. The van der Waals surface area contributed by atoms with Crippen LogP contribution in [0.3, 0.4) is 0 Å². The van der Waals surface area contributed by atoms with Gasteiger partial charge in [-0.05, 0) is 24.3 Å². The van der Waals surface area contributed by atoms with E-state index in [4.69, 9.17) is 9.84 Å². The number of amides is 2. The van der Waals surface area contributed by atoms with Crippen LogP contribution in [-0.4, -0.2) is 39.3 Å². The number of carboxylic acid groups (broad SMARTS) is 1. The maximum Gasteiger partial charge on any atom is 0.305 e. The van der Waals surface area contributed by atoms with Crippen molar-refractivity contribution in [3.05, 3.63) is 63.7 Å². The quantitative estimate of drug-likeness (QED) is 0.478. The average molecular weight is 356 g/mol. The van der Waals surface area contributed by atoms with E-state index in [0.717, 1.165) is 4.90 Å². The van der Waals surface area contributed by atoms with Crippen LogP contribution in [-0.2, 0) is 4.79 Å². The maximum absolute atomic E-state index is 12.3. The van der Waals surface area contributed by atoms with Crippen LogP contribution in [0.1, 0.15) is 27.1 Å². The topological polar surface area (TPSA) is 127 Å². The molecule has 132 valence electrons. The number of non-ortho nitro benzene ring substituents is 1. The van der Waals surface area contributed by atoms with Crippen molar-refractivity contribution in [1.29, 1.82) is 0 Å². The lowest BCUT2D eigenvalue weighted by Gasteiger charge is -2.11. The lowest BCUT2D eigenvalue weighted by Crippen LogP contribution is -2.31. The van der Waals surface area contributed by atoms with E-state index in [9.17, 15) is 24.5 Å². The largest absolute Gasteiger partial charge is 0.481 e. The highest BCUT2D eigenvalue weighted by Gasteiger charge is 2.35. The molecule has 3 rings (SSSR count). The molecule has 0 aromatic heterocycles. The molecule has 2 aromatic rings. The number of nitro benzene ring substituents is 1. The highest BCUT2D eigenvalue weighted by molar-refractivity contribution is 6.21. The number of fused-ring (bicyclic) bond motifs is 1. The van der Waals surface area contributed by atoms with Crippen LogP contribution in [0, 0.1) is 10.1 Å². The first-order valence-corrected chi connectivity index (χ1v) is 7.51. The molecule has 1 aliphatic rings. The fourth-order valence-corrected chi connectivity index (χ4v) is 2.54. The number of aliphatic carboxylic acids is 1. The predicted molar refractivity (Wildman–Crippen MR) is 87.2 cm³/mol. The molecule has 0 bridgehead atoms. The van der Waals surface area contributed by atoms with E-state index < -0.39 is 22.7 Å². The number of carboxylic acids is 1. The van der Waals surface area contributed by atoms with Gasteiger partial charge in [0.1, 0.15) is 11.5 Å². The first-order chi connectivity index (χ1) is 12.4. The second-order valence-corrected chi connectivity index (χ2v) is 5.47. The van der Waals surface area contributed by atoms with E-state index >= 15 is 0 Å². The monoisotopic (exact) mass is 356 g/mol. The SMILES string of the molecule is O=C(O)CCN1C(=O)c2ccc(Oc3cccc([N+](=O)[O-])c3)cc2C1=O. The summed E-state index contributed by atoms with van der Waals surface area (Å²) in [7, 11) is 0. The molecule has 0 saturated heterocycles. The van der Waals surface area contributed by atoms with Gasteiger partial charge in [-0.15, -0.1) is 0 Å². The van der Waals surface area contributed by atoms with Gasteiger partial charge in [-0.3, -0.25) is 29.4 Å². The number of rotatable bonds is 6. The molecule has 2 amide bonds. The second kappa shape index (κ2) is 6.63. The molecule has 9 nitrogen and oxygen atoms in total. The minimum absolute atomic E-state index is 0.100. The van der Waals surface area contributed by atoms with Gasteiger partial charge in [0, 0.05) is 12.6 Å². The summed E-state index contributed by atoms with van der Waals surface area (Å²) in [4.78, 5) is 46.3. The first kappa shape index (κ1) is 17.1. The van der Waals surface area contributed by atoms with Crippen LogP contribution in [0.25, 0.3) is 0 Å². The van der Waals surface area contributed by atoms with Gasteiger partial charge in [0.05, 0.1) is 28.5 Å². The first-order valence-electron chi connectivity index (χ1n) is 7.51. The molecule has 0 aliphatic carbocycles. The zero-order chi connectivity index (χ0) is 18.8. The molecule has 0 fully saturated rings. The maximum atomic E-state index is 12.3. The zero-order valence-corrected chi connectivity index (χ0v) is 13.2. The molecule has 1 N–H and O–H groups in total. The van der Waals surface area contributed by atoms with Gasteiger partial charge in [-0.1, -0.05) is 6.07 Å². The van der Waals surface area contributed by atoms with E-state index in [1.54, 1.807) is 0 Å². The second-order valence-electron chi connectivity index (χ2n) is 5.47. The summed E-state index contributed by atoms with van der Waals surface area (Å²) in [5.41, 5.74) is 0.116. The summed E-state index contributed by atoms with van der Waals surface area (Å²) in [6.45, 7) is -0.219. The predicted octanol–water partition coefficient (Wildman–Crippen LogP) is 2.46. The van der Waals surface area contributed by atoms with E-state index in [2.05, 4.69) is 0 Å². The Balaban J connectivity index is 1.84. The van der Waals surface area contributed by atoms with Crippen LogP contribution in [0.15, 0.2) is 42.5 Å². The molecule has 9 heteroatoms. The third-order valence-corrected chi connectivity index (χ3v) is 3.76. The Hall–Kier alpha value is -3.75. The van der Waals surface area contributed by atoms with Gasteiger partial charge in [0.2, 0.25) is 0 Å². The van der Waals surface area contributed by atoms with Crippen molar-refractivity contribution < 1.29 is 29.2 Å². The highest BCUT2D eigenvalue weighted by atomic mass is 16.6. The number of nitrogens with zero attached hydrogens (tertiary/aromatic N) is 2. The number of hydrogen-bond acceptors (Lipinski definition) is 6. The Kier molecular flexibility index (Phi) is 4.36. The minimum atomic E-state index is -1.11. The van der Waals surface area contributed by atoms with Crippen molar-refractivity contribution in [3.8, 4) is 11.5 Å². The fraction of sp³-hybridized carbons (Fsp3) is 0.118. The van der Waals surface area contributed by atoms with Crippen LogP contribution >= 0.6 is 0 Å². The van der Waals surface area contributed by atoms with E-state index in [1.165, 1.54) is 42.5 Å². The lowest BCUT2D eigenvalue weighted by molar-refractivity contribution is -0.384. The normalized spacial score (nSPS) is 12.8. The smallest absolute Gasteiger partial charge is 0.305 e. The standard InChI is InChI=1S/C17H12N2O7/c20-15(21)6-7-18-16(22)13-5-4-12(9-14(13)17(18)23)26-11-3-1-2-10(8-11)19(24)25/h1-5,8-9H,6-7H2,(H,20,21). The number of hydrogen-bond donors (Lipinski definition) is 1. The number of ether oxygens (including phenoxy) is 1. The Morgan fingerprint density at radius 2 is 1.77 bits per heavy atom. The van der Waals surface area contributed by atoms with Crippen LogP contribution in [0.2, 0.25) is 0 Å². The molecular formula is C17H12N2O7. The summed E-state index contributed by atoms with van der Waals surface area (Å²) in [6, 6.07) is 9.76. The highest BCUT2D eigenvalue weighted by Crippen LogP contribution is 2.30. The van der Waals surface area contributed by atoms with Crippen LogP contribution in [0.4, 0.5) is 5.69 Å². The minimum Gasteiger partial charge on any atom is -0.481 e. The van der Waals surface area contributed by atoms with Crippen molar-refractivity contribution in [1.82, 2.24) is 4.90 Å². The molecule has 2 aromatic carbocycles. The average Bonchev–Trinajstić information content (AvgIpc) is 2.84. The molecule has 0 unspecified atom stereocenters. The van der Waals surface area contributed by atoms with Crippen molar-refractivity contribution in [2.75, 3.05) is 6.54 Å². The number of carbonyl (C=O) groups is 3. The van der Waals surface area contributed by atoms with Crippen molar-refractivity contribution in [2.45, 2.75) is 6.42 Å². The number of nitro groups is 1. The van der Waals surface area contributed by atoms with Crippen LogP contribution < -0.4 is 4.74 Å². The molecule has 0 atom stereocenters. The number of benzene rings is 2. The summed E-state index contributed by atoms with van der Waals surface area (Å²) in [5, 5.41) is 19.5. The third kappa shape index (κ3) is 3.22. The summed E-state index contributed by atoms with van der Waals surface area (Å²) in [5.74, 6) is -1.84. The lowest BCUT2D eigenvalue weighted by atomic mass is 10.1. The van der Waals surface area contributed by atoms with E-state index in [0.29, 0.717) is 0 Å². The van der Waals surface area contributed by atoms with Crippen LogP contribution in [0.5, 0.6) is 11.5 Å². The Labute approximate surface area is 146 Å². The Morgan fingerprint density at radius 1 is 1.08 bits per heavy atom. The van der Waals surface area contributed by atoms with Crippen molar-refractivity contribution in [2.24, 2.45) is 0 Å². The van der Waals surface area contributed by atoms with Gasteiger partial charge >= 0.3 is 5.97 Å². The molecule has 0 radical (unpaired) electrons. The fourth-order valence-electron chi connectivity index (χ4n) is 2.54. The molecular weight excluding hydrogens is 344 g/mol. The van der Waals surface area contributed by atoms with Gasteiger partial charge in [-0.2, -0.15) is 0 Å². The Bertz CT molecular complexity index is 938. The number of carbonyl (C=O) groups excluding carboxylic acids is 2.